The molecule has 5 nitrogen and oxygen atoms in total. The summed E-state index contributed by atoms with van der Waals surface area (Å²) in [5, 5.41) is 11.8. The van der Waals surface area contributed by atoms with Crippen molar-refractivity contribution in [3.05, 3.63) is 18.2 Å². The van der Waals surface area contributed by atoms with Gasteiger partial charge in [-0.3, -0.25) is 4.79 Å². The van der Waals surface area contributed by atoms with Crippen LogP contribution in [0.3, 0.4) is 0 Å². The van der Waals surface area contributed by atoms with E-state index in [1.165, 1.54) is 7.11 Å². The van der Waals surface area contributed by atoms with Gasteiger partial charge < -0.3 is 19.9 Å². The van der Waals surface area contributed by atoms with Crippen LogP contribution >= 0.6 is 0 Å². The summed E-state index contributed by atoms with van der Waals surface area (Å²) in [6, 6.07) is 5.15. The van der Waals surface area contributed by atoms with Gasteiger partial charge in [-0.05, 0) is 18.6 Å². The van der Waals surface area contributed by atoms with Gasteiger partial charge in [-0.25, -0.2) is 0 Å². The second kappa shape index (κ2) is 6.86. The Hall–Kier alpha value is -1.75. The van der Waals surface area contributed by atoms with Gasteiger partial charge in [0.1, 0.15) is 11.5 Å². The first-order chi connectivity index (χ1) is 8.65. The van der Waals surface area contributed by atoms with Crippen molar-refractivity contribution in [3.63, 3.8) is 0 Å². The van der Waals surface area contributed by atoms with Crippen molar-refractivity contribution in [2.75, 3.05) is 26.1 Å². The molecule has 1 aromatic carbocycles. The van der Waals surface area contributed by atoms with Crippen molar-refractivity contribution in [3.8, 4) is 11.5 Å². The molecule has 1 amide bonds. The summed E-state index contributed by atoms with van der Waals surface area (Å²) in [5.74, 6) is 0.535. The highest BCUT2D eigenvalue weighted by atomic mass is 16.5. The minimum absolute atomic E-state index is 0.172. The summed E-state index contributed by atoms with van der Waals surface area (Å²) in [6.07, 6.45) is 0.578. The minimum Gasteiger partial charge on any atom is -0.497 e. The number of ether oxygens (including phenoxy) is 2. The maximum atomic E-state index is 11.9. The van der Waals surface area contributed by atoms with Crippen LogP contribution in [0, 0.1) is 5.92 Å². The number of methoxy groups -OCH3 is 2. The number of nitrogens with one attached hydrogen (secondary N) is 1. The number of aliphatic hydroxyl groups is 1. The molecule has 1 rings (SSSR count). The van der Waals surface area contributed by atoms with Gasteiger partial charge in [0, 0.05) is 6.07 Å². The Bertz CT molecular complexity index is 402. The van der Waals surface area contributed by atoms with Crippen LogP contribution in [0.4, 0.5) is 5.69 Å². The molecule has 1 atom stereocenters. The van der Waals surface area contributed by atoms with Crippen molar-refractivity contribution >= 4 is 11.6 Å². The highest BCUT2D eigenvalue weighted by Gasteiger charge is 2.17. The van der Waals surface area contributed by atoms with Gasteiger partial charge >= 0.3 is 0 Å². The van der Waals surface area contributed by atoms with Crippen molar-refractivity contribution in [1.82, 2.24) is 0 Å². The van der Waals surface area contributed by atoms with Gasteiger partial charge in [0.2, 0.25) is 5.91 Å². The number of hydrogen-bond donors (Lipinski definition) is 2. The molecule has 0 aliphatic heterocycles. The fraction of sp³-hybridized carbons (Fsp3) is 0.462. The van der Waals surface area contributed by atoms with Crippen molar-refractivity contribution in [1.29, 1.82) is 0 Å². The average Bonchev–Trinajstić information content (AvgIpc) is 2.40. The van der Waals surface area contributed by atoms with Gasteiger partial charge in [-0.2, -0.15) is 0 Å². The molecule has 1 unspecified atom stereocenters. The van der Waals surface area contributed by atoms with Crippen LogP contribution in [0.15, 0.2) is 18.2 Å². The minimum atomic E-state index is -0.416. The van der Waals surface area contributed by atoms with Gasteiger partial charge in [-0.15, -0.1) is 0 Å². The number of rotatable bonds is 6. The number of hydrogen-bond acceptors (Lipinski definition) is 4. The zero-order chi connectivity index (χ0) is 13.5. The quantitative estimate of drug-likeness (QED) is 0.809. The molecule has 1 aromatic rings. The lowest BCUT2D eigenvalue weighted by Crippen LogP contribution is -2.25. The topological polar surface area (TPSA) is 67.8 Å². The largest absolute Gasteiger partial charge is 0.497 e. The van der Waals surface area contributed by atoms with E-state index in [1.807, 2.05) is 6.92 Å². The summed E-state index contributed by atoms with van der Waals surface area (Å²) in [4.78, 5) is 11.9. The molecule has 0 saturated carbocycles. The predicted octanol–water partition coefficient (Wildman–Crippen LogP) is 1.66. The third kappa shape index (κ3) is 3.37. The van der Waals surface area contributed by atoms with E-state index in [0.29, 0.717) is 23.6 Å². The molecule has 100 valence electrons. The third-order valence-electron chi connectivity index (χ3n) is 2.75. The molecule has 0 aliphatic carbocycles. The average molecular weight is 253 g/mol. The van der Waals surface area contributed by atoms with E-state index < -0.39 is 5.92 Å². The van der Waals surface area contributed by atoms with Crippen LogP contribution in [0.2, 0.25) is 0 Å². The molecule has 0 spiro atoms. The molecule has 0 bridgehead atoms. The van der Waals surface area contributed by atoms with Crippen molar-refractivity contribution in [2.45, 2.75) is 13.3 Å². The first-order valence-corrected chi connectivity index (χ1v) is 5.80. The normalized spacial score (nSPS) is 11.8. The zero-order valence-electron chi connectivity index (χ0n) is 10.9. The molecule has 0 heterocycles. The molecule has 0 saturated heterocycles. The lowest BCUT2D eigenvalue weighted by molar-refractivity contribution is -0.121. The summed E-state index contributed by atoms with van der Waals surface area (Å²) in [7, 11) is 3.08. The Morgan fingerprint density at radius 1 is 1.39 bits per heavy atom. The van der Waals surface area contributed by atoms with Crippen LogP contribution < -0.4 is 14.8 Å². The number of benzene rings is 1. The van der Waals surface area contributed by atoms with Crippen LogP contribution in [0.5, 0.6) is 11.5 Å². The fourth-order valence-electron chi connectivity index (χ4n) is 1.54. The molecular weight excluding hydrogens is 234 g/mol. The molecule has 0 aliphatic rings. The summed E-state index contributed by atoms with van der Waals surface area (Å²) < 4.78 is 10.3. The molecular formula is C13H19NO4. The summed E-state index contributed by atoms with van der Waals surface area (Å²) in [5.41, 5.74) is 0.536. The number of carbonyl (C=O) groups is 1. The van der Waals surface area contributed by atoms with Gasteiger partial charge in [0.15, 0.2) is 0 Å². The lowest BCUT2D eigenvalue weighted by Gasteiger charge is -2.15. The number of amides is 1. The van der Waals surface area contributed by atoms with E-state index in [4.69, 9.17) is 14.6 Å². The first-order valence-electron chi connectivity index (χ1n) is 5.80. The SMILES string of the molecule is CCC(CO)C(=O)Nc1cc(OC)ccc1OC. The van der Waals surface area contributed by atoms with Gasteiger partial charge in [-0.1, -0.05) is 6.92 Å². The number of aliphatic hydroxyl groups excluding tert-OH is 1. The van der Waals surface area contributed by atoms with Gasteiger partial charge in [0.25, 0.3) is 0 Å². The Morgan fingerprint density at radius 2 is 2.11 bits per heavy atom. The standard InChI is InChI=1S/C13H19NO4/c1-4-9(8-15)13(16)14-11-7-10(17-2)5-6-12(11)18-3/h5-7,9,15H,4,8H2,1-3H3,(H,14,16). The molecule has 2 N–H and O–H groups in total. The molecule has 18 heavy (non-hydrogen) atoms. The smallest absolute Gasteiger partial charge is 0.229 e. The van der Waals surface area contributed by atoms with E-state index in [1.54, 1.807) is 25.3 Å². The molecule has 5 heteroatoms. The molecule has 0 radical (unpaired) electrons. The zero-order valence-corrected chi connectivity index (χ0v) is 10.9. The van der Waals surface area contributed by atoms with E-state index in [-0.39, 0.29) is 12.5 Å². The predicted molar refractivity (Wildman–Crippen MR) is 69.0 cm³/mol. The van der Waals surface area contributed by atoms with Crippen molar-refractivity contribution in [2.24, 2.45) is 5.92 Å². The van der Waals surface area contributed by atoms with Crippen LogP contribution in [-0.4, -0.2) is 31.8 Å². The van der Waals surface area contributed by atoms with Crippen LogP contribution in [0.1, 0.15) is 13.3 Å². The Labute approximate surface area is 107 Å². The second-order valence-electron chi connectivity index (χ2n) is 3.84. The lowest BCUT2D eigenvalue weighted by atomic mass is 10.1. The highest BCUT2D eigenvalue weighted by Crippen LogP contribution is 2.29. The molecule has 0 fully saturated rings. The fourth-order valence-corrected chi connectivity index (χ4v) is 1.54. The second-order valence-corrected chi connectivity index (χ2v) is 3.84. The maximum Gasteiger partial charge on any atom is 0.229 e. The summed E-state index contributed by atoms with van der Waals surface area (Å²) in [6.45, 7) is 1.68. The van der Waals surface area contributed by atoms with Gasteiger partial charge in [0.05, 0.1) is 32.4 Å². The monoisotopic (exact) mass is 253 g/mol. The Morgan fingerprint density at radius 3 is 2.61 bits per heavy atom. The van der Waals surface area contributed by atoms with E-state index in [9.17, 15) is 4.79 Å². The van der Waals surface area contributed by atoms with E-state index in [2.05, 4.69) is 5.32 Å². The number of carbonyl (C=O) groups excluding carboxylic acids is 1. The molecule has 0 aromatic heterocycles. The third-order valence-corrected chi connectivity index (χ3v) is 2.75. The Kier molecular flexibility index (Phi) is 5.45. The maximum absolute atomic E-state index is 11.9. The Balaban J connectivity index is 2.91. The summed E-state index contributed by atoms with van der Waals surface area (Å²) >= 11 is 0. The van der Waals surface area contributed by atoms with Crippen LogP contribution in [0.25, 0.3) is 0 Å². The van der Waals surface area contributed by atoms with E-state index >= 15 is 0 Å². The van der Waals surface area contributed by atoms with Crippen molar-refractivity contribution < 1.29 is 19.4 Å². The highest BCUT2D eigenvalue weighted by molar-refractivity contribution is 5.94. The van der Waals surface area contributed by atoms with Crippen LogP contribution in [-0.2, 0) is 4.79 Å². The first kappa shape index (κ1) is 14.3. The number of anilines is 1. The van der Waals surface area contributed by atoms with E-state index in [0.717, 1.165) is 0 Å².